The van der Waals surface area contributed by atoms with Gasteiger partial charge in [-0.05, 0) is 36.3 Å². The van der Waals surface area contributed by atoms with Crippen LogP contribution in [0.25, 0.3) is 0 Å². The number of ether oxygens (including phenoxy) is 1. The lowest BCUT2D eigenvalue weighted by Gasteiger charge is -2.00. The quantitative estimate of drug-likeness (QED) is 0.738. The van der Waals surface area contributed by atoms with Crippen LogP contribution in [-0.4, -0.2) is 5.16 Å². The molecule has 0 atom stereocenters. The van der Waals surface area contributed by atoms with Gasteiger partial charge in [-0.2, -0.15) is 0 Å². The molecule has 0 unspecified atom stereocenters. The first-order valence-electron chi connectivity index (χ1n) is 4.21. The van der Waals surface area contributed by atoms with Gasteiger partial charge in [-0.25, -0.2) is 0 Å². The standard InChI is InChI=1S/C10H10N2O2/c1-7-6-10(12-14-7)13-9-4-2-8(11)3-5-9/h2-6H,11H2,1H3. The Balaban J connectivity index is 2.15. The Kier molecular flexibility index (Phi) is 2.10. The van der Waals surface area contributed by atoms with Crippen LogP contribution < -0.4 is 10.5 Å². The van der Waals surface area contributed by atoms with E-state index in [1.54, 1.807) is 30.3 Å². The number of nitrogen functional groups attached to an aromatic ring is 1. The minimum atomic E-state index is 0.451. The smallest absolute Gasteiger partial charge is 0.259 e. The molecule has 0 spiro atoms. The van der Waals surface area contributed by atoms with E-state index in [0.717, 1.165) is 5.76 Å². The van der Waals surface area contributed by atoms with Gasteiger partial charge in [-0.1, -0.05) is 0 Å². The van der Waals surface area contributed by atoms with Crippen LogP contribution in [0.15, 0.2) is 34.9 Å². The number of anilines is 1. The van der Waals surface area contributed by atoms with Crippen LogP contribution in [-0.2, 0) is 0 Å². The van der Waals surface area contributed by atoms with Gasteiger partial charge in [0.05, 0.1) is 0 Å². The zero-order chi connectivity index (χ0) is 9.97. The molecule has 0 aliphatic rings. The summed E-state index contributed by atoms with van der Waals surface area (Å²) in [4.78, 5) is 0. The van der Waals surface area contributed by atoms with Crippen molar-refractivity contribution in [3.63, 3.8) is 0 Å². The SMILES string of the molecule is Cc1cc(Oc2ccc(N)cc2)no1. The molecule has 0 aliphatic heterocycles. The lowest BCUT2D eigenvalue weighted by molar-refractivity contribution is 0.355. The number of hydrogen-bond donors (Lipinski definition) is 1. The maximum atomic E-state index is 5.53. The summed E-state index contributed by atoms with van der Waals surface area (Å²) >= 11 is 0. The minimum Gasteiger partial charge on any atom is -0.436 e. The summed E-state index contributed by atoms with van der Waals surface area (Å²) in [5.41, 5.74) is 6.24. The predicted octanol–water partition coefficient (Wildman–Crippen LogP) is 2.36. The molecule has 2 aromatic rings. The second-order valence-corrected chi connectivity index (χ2v) is 2.95. The third kappa shape index (κ3) is 1.85. The van der Waals surface area contributed by atoms with Gasteiger partial charge in [0, 0.05) is 11.8 Å². The van der Waals surface area contributed by atoms with E-state index in [2.05, 4.69) is 5.16 Å². The first kappa shape index (κ1) is 8.62. The fourth-order valence-electron chi connectivity index (χ4n) is 1.05. The van der Waals surface area contributed by atoms with Crippen molar-refractivity contribution in [3.05, 3.63) is 36.1 Å². The van der Waals surface area contributed by atoms with Crippen molar-refractivity contribution in [1.82, 2.24) is 5.16 Å². The molecule has 0 bridgehead atoms. The molecule has 0 saturated carbocycles. The average molecular weight is 190 g/mol. The van der Waals surface area contributed by atoms with Crippen LogP contribution in [0.3, 0.4) is 0 Å². The van der Waals surface area contributed by atoms with Gasteiger partial charge < -0.3 is 15.0 Å². The number of nitrogens with two attached hydrogens (primary N) is 1. The number of rotatable bonds is 2. The molecule has 2 rings (SSSR count). The highest BCUT2D eigenvalue weighted by atomic mass is 16.5. The molecular formula is C10H10N2O2. The van der Waals surface area contributed by atoms with Crippen LogP contribution >= 0.6 is 0 Å². The Labute approximate surface area is 81.3 Å². The van der Waals surface area contributed by atoms with Gasteiger partial charge in [0.1, 0.15) is 11.5 Å². The third-order valence-corrected chi connectivity index (χ3v) is 1.71. The van der Waals surface area contributed by atoms with E-state index in [4.69, 9.17) is 15.0 Å². The number of hydrogen-bond acceptors (Lipinski definition) is 4. The van der Waals surface area contributed by atoms with Crippen LogP contribution in [0, 0.1) is 6.92 Å². The van der Waals surface area contributed by atoms with E-state index in [1.807, 2.05) is 6.92 Å². The number of benzene rings is 1. The van der Waals surface area contributed by atoms with Crippen molar-refractivity contribution in [2.24, 2.45) is 0 Å². The summed E-state index contributed by atoms with van der Waals surface area (Å²) in [6.45, 7) is 1.81. The van der Waals surface area contributed by atoms with E-state index in [1.165, 1.54) is 0 Å². The largest absolute Gasteiger partial charge is 0.436 e. The highest BCUT2D eigenvalue weighted by Gasteiger charge is 2.01. The summed E-state index contributed by atoms with van der Waals surface area (Å²) in [6, 6.07) is 8.81. The highest BCUT2D eigenvalue weighted by Crippen LogP contribution is 2.21. The van der Waals surface area contributed by atoms with Gasteiger partial charge in [0.25, 0.3) is 5.88 Å². The molecule has 1 aromatic carbocycles. The number of nitrogens with zero attached hydrogens (tertiary/aromatic N) is 1. The second-order valence-electron chi connectivity index (χ2n) is 2.95. The zero-order valence-electron chi connectivity index (χ0n) is 7.73. The summed E-state index contributed by atoms with van der Waals surface area (Å²) in [5, 5.41) is 3.71. The lowest BCUT2D eigenvalue weighted by Crippen LogP contribution is -1.86. The van der Waals surface area contributed by atoms with Crippen LogP contribution in [0.1, 0.15) is 5.76 Å². The molecule has 1 aromatic heterocycles. The Morgan fingerprint density at radius 1 is 1.29 bits per heavy atom. The zero-order valence-corrected chi connectivity index (χ0v) is 7.73. The molecule has 14 heavy (non-hydrogen) atoms. The molecule has 2 N–H and O–H groups in total. The van der Waals surface area contributed by atoms with Crippen LogP contribution in [0.5, 0.6) is 11.6 Å². The topological polar surface area (TPSA) is 61.3 Å². The van der Waals surface area contributed by atoms with Gasteiger partial charge in [0.15, 0.2) is 0 Å². The van der Waals surface area contributed by atoms with Crippen molar-refractivity contribution < 1.29 is 9.26 Å². The Bertz CT molecular complexity index is 420. The van der Waals surface area contributed by atoms with Gasteiger partial charge in [0.2, 0.25) is 0 Å². The molecule has 4 heteroatoms. The highest BCUT2D eigenvalue weighted by molar-refractivity contribution is 5.42. The molecule has 0 saturated heterocycles. The van der Waals surface area contributed by atoms with Crippen molar-refractivity contribution in [2.75, 3.05) is 5.73 Å². The number of aryl methyl sites for hydroxylation is 1. The van der Waals surface area contributed by atoms with Crippen molar-refractivity contribution in [1.29, 1.82) is 0 Å². The summed E-state index contributed by atoms with van der Waals surface area (Å²) in [7, 11) is 0. The van der Waals surface area contributed by atoms with Crippen LogP contribution in [0.2, 0.25) is 0 Å². The Morgan fingerprint density at radius 2 is 2.00 bits per heavy atom. The van der Waals surface area contributed by atoms with Crippen molar-refractivity contribution in [2.45, 2.75) is 6.92 Å². The van der Waals surface area contributed by atoms with Gasteiger partial charge >= 0.3 is 0 Å². The minimum absolute atomic E-state index is 0.451. The molecule has 0 radical (unpaired) electrons. The summed E-state index contributed by atoms with van der Waals surface area (Å²) in [5.74, 6) is 1.86. The molecule has 4 nitrogen and oxygen atoms in total. The monoisotopic (exact) mass is 190 g/mol. The third-order valence-electron chi connectivity index (χ3n) is 1.71. The van der Waals surface area contributed by atoms with E-state index in [9.17, 15) is 0 Å². The van der Waals surface area contributed by atoms with Gasteiger partial charge in [-0.3, -0.25) is 0 Å². The number of aromatic nitrogens is 1. The normalized spacial score (nSPS) is 10.1. The molecule has 1 heterocycles. The Hall–Kier alpha value is -1.97. The summed E-state index contributed by atoms with van der Waals surface area (Å²) < 4.78 is 10.3. The fraction of sp³-hybridized carbons (Fsp3) is 0.100. The van der Waals surface area contributed by atoms with Crippen LogP contribution in [0.4, 0.5) is 5.69 Å². The molecule has 0 aliphatic carbocycles. The molecule has 0 amide bonds. The van der Waals surface area contributed by atoms with E-state index < -0.39 is 0 Å². The lowest BCUT2D eigenvalue weighted by atomic mass is 10.3. The Morgan fingerprint density at radius 3 is 2.57 bits per heavy atom. The molecular weight excluding hydrogens is 180 g/mol. The second kappa shape index (κ2) is 3.41. The maximum Gasteiger partial charge on any atom is 0.259 e. The van der Waals surface area contributed by atoms with E-state index in [-0.39, 0.29) is 0 Å². The fourth-order valence-corrected chi connectivity index (χ4v) is 1.05. The molecule has 0 fully saturated rings. The average Bonchev–Trinajstić information content (AvgIpc) is 2.56. The first-order chi connectivity index (χ1) is 6.74. The summed E-state index contributed by atoms with van der Waals surface area (Å²) in [6.07, 6.45) is 0. The van der Waals surface area contributed by atoms with Crippen molar-refractivity contribution >= 4 is 5.69 Å². The van der Waals surface area contributed by atoms with Crippen molar-refractivity contribution in [3.8, 4) is 11.6 Å². The van der Waals surface area contributed by atoms with E-state index in [0.29, 0.717) is 17.3 Å². The predicted molar refractivity (Wildman–Crippen MR) is 52.2 cm³/mol. The van der Waals surface area contributed by atoms with Gasteiger partial charge in [-0.15, -0.1) is 0 Å². The maximum absolute atomic E-state index is 5.53. The molecule has 72 valence electrons. The van der Waals surface area contributed by atoms with E-state index >= 15 is 0 Å². The first-order valence-corrected chi connectivity index (χ1v) is 4.21.